The third-order valence-corrected chi connectivity index (χ3v) is 3.71. The summed E-state index contributed by atoms with van der Waals surface area (Å²) in [6.45, 7) is 11.8. The molecule has 0 bridgehead atoms. The molecule has 0 aliphatic rings. The van der Waals surface area contributed by atoms with Crippen LogP contribution in [-0.4, -0.2) is 48.4 Å². The van der Waals surface area contributed by atoms with Gasteiger partial charge in [0.2, 0.25) is 5.91 Å². The molecule has 1 rings (SSSR count). The summed E-state index contributed by atoms with van der Waals surface area (Å²) in [6, 6.07) is 8.36. The molecule has 0 heterocycles. The van der Waals surface area contributed by atoms with Crippen molar-refractivity contribution in [2.24, 2.45) is 0 Å². The molecule has 0 saturated carbocycles. The van der Waals surface area contributed by atoms with Crippen molar-refractivity contribution in [2.75, 3.05) is 13.2 Å². The molecule has 0 fully saturated rings. The van der Waals surface area contributed by atoms with Crippen LogP contribution in [0.2, 0.25) is 0 Å². The molecule has 1 unspecified atom stereocenters. The van der Waals surface area contributed by atoms with Gasteiger partial charge in [0.1, 0.15) is 17.7 Å². The van der Waals surface area contributed by atoms with Crippen molar-refractivity contribution in [1.82, 2.24) is 10.6 Å². The number of carbonyl (C=O) groups is 3. The number of benzene rings is 1. The molecular weight excluding hydrogens is 388 g/mol. The lowest BCUT2D eigenvalue weighted by atomic mass is 10.0. The van der Waals surface area contributed by atoms with Gasteiger partial charge < -0.3 is 24.8 Å². The minimum Gasteiger partial charge on any atom is -0.460 e. The third kappa shape index (κ3) is 9.56. The molecule has 0 aromatic heterocycles. The molecule has 30 heavy (non-hydrogen) atoms. The number of ether oxygens (including phenoxy) is 3. The van der Waals surface area contributed by atoms with E-state index in [1.54, 1.807) is 20.8 Å². The number of amides is 2. The summed E-state index contributed by atoms with van der Waals surface area (Å²) < 4.78 is 15.8. The van der Waals surface area contributed by atoms with E-state index in [4.69, 9.17) is 14.2 Å². The van der Waals surface area contributed by atoms with E-state index >= 15 is 0 Å². The Kier molecular flexibility index (Phi) is 9.52. The first kappa shape index (κ1) is 25.2. The van der Waals surface area contributed by atoms with Crippen LogP contribution in [0.15, 0.2) is 43.0 Å². The Labute approximate surface area is 178 Å². The lowest BCUT2D eigenvalue weighted by molar-refractivity contribution is -0.149. The van der Waals surface area contributed by atoms with Crippen molar-refractivity contribution in [2.45, 2.75) is 58.4 Å². The zero-order valence-corrected chi connectivity index (χ0v) is 18.3. The lowest BCUT2D eigenvalue weighted by Gasteiger charge is -2.29. The molecule has 2 amide bonds. The van der Waals surface area contributed by atoms with Crippen LogP contribution in [0.4, 0.5) is 4.79 Å². The van der Waals surface area contributed by atoms with Gasteiger partial charge in [-0.15, -0.1) is 0 Å². The van der Waals surface area contributed by atoms with E-state index in [0.29, 0.717) is 0 Å². The molecular formula is C22H32N2O6. The highest BCUT2D eigenvalue weighted by Gasteiger charge is 2.34. The maximum atomic E-state index is 12.7. The van der Waals surface area contributed by atoms with E-state index in [-0.39, 0.29) is 19.8 Å². The van der Waals surface area contributed by atoms with Crippen LogP contribution < -0.4 is 10.6 Å². The van der Waals surface area contributed by atoms with Crippen LogP contribution in [0.5, 0.6) is 0 Å². The normalized spacial score (nSPS) is 12.4. The number of hydrogen-bond donors (Lipinski definition) is 2. The van der Waals surface area contributed by atoms with E-state index in [1.807, 2.05) is 30.3 Å². The van der Waals surface area contributed by atoms with Crippen molar-refractivity contribution in [1.29, 1.82) is 0 Å². The quantitative estimate of drug-likeness (QED) is 0.446. The second kappa shape index (κ2) is 11.3. The molecule has 1 aromatic rings. The Morgan fingerprint density at radius 1 is 1.10 bits per heavy atom. The molecule has 0 aliphatic carbocycles. The first-order chi connectivity index (χ1) is 13.9. The van der Waals surface area contributed by atoms with E-state index in [1.165, 1.54) is 19.9 Å². The molecule has 8 nitrogen and oxygen atoms in total. The number of rotatable bonds is 10. The summed E-state index contributed by atoms with van der Waals surface area (Å²) in [6.07, 6.45) is 0.684. The van der Waals surface area contributed by atoms with Crippen LogP contribution >= 0.6 is 0 Å². The summed E-state index contributed by atoms with van der Waals surface area (Å²) in [5.74, 6) is -1.25. The molecule has 2 N–H and O–H groups in total. The van der Waals surface area contributed by atoms with Crippen LogP contribution in [0.1, 0.15) is 40.2 Å². The second-order valence-corrected chi connectivity index (χ2v) is 8.20. The van der Waals surface area contributed by atoms with Crippen LogP contribution in [0, 0.1) is 0 Å². The monoisotopic (exact) mass is 420 g/mol. The van der Waals surface area contributed by atoms with Gasteiger partial charge in [0.25, 0.3) is 0 Å². The fourth-order valence-electron chi connectivity index (χ4n) is 2.23. The molecule has 166 valence electrons. The zero-order chi connectivity index (χ0) is 22.8. The predicted molar refractivity (Wildman–Crippen MR) is 113 cm³/mol. The van der Waals surface area contributed by atoms with Crippen molar-refractivity contribution < 1.29 is 28.6 Å². The fourth-order valence-corrected chi connectivity index (χ4v) is 2.23. The predicted octanol–water partition coefficient (Wildman–Crippen LogP) is 2.72. The largest absolute Gasteiger partial charge is 0.460 e. The third-order valence-electron chi connectivity index (χ3n) is 3.71. The highest BCUT2D eigenvalue weighted by atomic mass is 16.6. The van der Waals surface area contributed by atoms with Gasteiger partial charge in [-0.3, -0.25) is 4.79 Å². The second-order valence-electron chi connectivity index (χ2n) is 8.20. The summed E-state index contributed by atoms with van der Waals surface area (Å²) in [5.41, 5.74) is -1.12. The Bertz CT molecular complexity index is 725. The number of carbonyl (C=O) groups excluding carboxylic acids is 3. The van der Waals surface area contributed by atoms with Crippen molar-refractivity contribution in [3.05, 3.63) is 48.6 Å². The molecule has 1 aromatic carbocycles. The number of esters is 1. The van der Waals surface area contributed by atoms with E-state index < -0.39 is 35.2 Å². The molecule has 0 radical (unpaired) electrons. The Morgan fingerprint density at radius 2 is 1.73 bits per heavy atom. The van der Waals surface area contributed by atoms with Crippen molar-refractivity contribution in [3.63, 3.8) is 0 Å². The van der Waals surface area contributed by atoms with Gasteiger partial charge in [-0.25, -0.2) is 9.59 Å². The smallest absolute Gasteiger partial charge is 0.408 e. The summed E-state index contributed by atoms with van der Waals surface area (Å²) in [7, 11) is 0. The van der Waals surface area contributed by atoms with Gasteiger partial charge >= 0.3 is 12.1 Å². The molecule has 0 aliphatic heterocycles. The molecule has 0 saturated heterocycles. The SMILES string of the molecule is C=CCOC(=O)C(COCc1ccccc1)NC(=O)C(C)(C)NC(=O)OC(C)(C)C. The van der Waals surface area contributed by atoms with Gasteiger partial charge in [0.15, 0.2) is 6.04 Å². The highest BCUT2D eigenvalue weighted by molar-refractivity contribution is 5.92. The minimum absolute atomic E-state index is 0.00341. The molecule has 0 spiro atoms. The zero-order valence-electron chi connectivity index (χ0n) is 18.3. The van der Waals surface area contributed by atoms with Crippen LogP contribution in [0.25, 0.3) is 0 Å². The minimum atomic E-state index is -1.33. The van der Waals surface area contributed by atoms with Gasteiger partial charge in [0.05, 0.1) is 13.2 Å². The van der Waals surface area contributed by atoms with Gasteiger partial charge in [-0.2, -0.15) is 0 Å². The maximum absolute atomic E-state index is 12.7. The topological polar surface area (TPSA) is 103 Å². The Hall–Kier alpha value is -2.87. The van der Waals surface area contributed by atoms with Crippen LogP contribution in [-0.2, 0) is 30.4 Å². The molecule has 1 atom stereocenters. The van der Waals surface area contributed by atoms with E-state index in [2.05, 4.69) is 17.2 Å². The average molecular weight is 421 g/mol. The van der Waals surface area contributed by atoms with Gasteiger partial charge in [0, 0.05) is 0 Å². The standard InChI is InChI=1S/C22H32N2O6/c1-7-13-29-18(25)17(15-28-14-16-11-9-8-10-12-16)23-19(26)22(5,6)24-20(27)30-21(2,3)4/h7-12,17H,1,13-15H2,2-6H3,(H,23,26)(H,24,27). The number of nitrogens with one attached hydrogen (secondary N) is 2. The molecule has 8 heteroatoms. The Balaban J connectivity index is 2.75. The average Bonchev–Trinajstić information content (AvgIpc) is 2.63. The lowest BCUT2D eigenvalue weighted by Crippen LogP contribution is -2.59. The first-order valence-electron chi connectivity index (χ1n) is 9.66. The van der Waals surface area contributed by atoms with Crippen molar-refractivity contribution >= 4 is 18.0 Å². The fraction of sp³-hybridized carbons (Fsp3) is 0.500. The van der Waals surface area contributed by atoms with E-state index in [0.717, 1.165) is 5.56 Å². The Morgan fingerprint density at radius 3 is 2.30 bits per heavy atom. The first-order valence-corrected chi connectivity index (χ1v) is 9.66. The number of hydrogen-bond acceptors (Lipinski definition) is 6. The summed E-state index contributed by atoms with van der Waals surface area (Å²) in [4.78, 5) is 37.1. The van der Waals surface area contributed by atoms with Crippen molar-refractivity contribution in [3.8, 4) is 0 Å². The van der Waals surface area contributed by atoms with Gasteiger partial charge in [-0.05, 0) is 40.2 Å². The summed E-state index contributed by atoms with van der Waals surface area (Å²) >= 11 is 0. The van der Waals surface area contributed by atoms with E-state index in [9.17, 15) is 14.4 Å². The van der Waals surface area contributed by atoms with Crippen LogP contribution in [0.3, 0.4) is 0 Å². The maximum Gasteiger partial charge on any atom is 0.408 e. The number of alkyl carbamates (subject to hydrolysis) is 1. The highest BCUT2D eigenvalue weighted by Crippen LogP contribution is 2.10. The van der Waals surface area contributed by atoms with Gasteiger partial charge in [-0.1, -0.05) is 43.0 Å². The summed E-state index contributed by atoms with van der Waals surface area (Å²) in [5, 5.41) is 5.08.